The largest absolute Gasteiger partial charge is 0.238 e. The Morgan fingerprint density at radius 3 is 2.65 bits per heavy atom. The minimum Gasteiger partial charge on any atom is -0.238 e. The van der Waals surface area contributed by atoms with Gasteiger partial charge in [-0.05, 0) is 26.0 Å². The monoisotopic (exact) mass is 246 g/mol. The van der Waals surface area contributed by atoms with Gasteiger partial charge in [-0.2, -0.15) is 0 Å². The summed E-state index contributed by atoms with van der Waals surface area (Å²) in [5.41, 5.74) is 4.32. The minimum absolute atomic E-state index is 0.552. The van der Waals surface area contributed by atoms with E-state index in [0.717, 1.165) is 22.8 Å². The molecule has 88 valence electrons. The van der Waals surface area contributed by atoms with Crippen molar-refractivity contribution in [2.75, 3.05) is 5.88 Å². The van der Waals surface area contributed by atoms with Crippen LogP contribution < -0.4 is 0 Å². The molecular formula is C14H15ClN2. The Balaban J connectivity index is 2.44. The Bertz CT molecular complexity index is 523. The van der Waals surface area contributed by atoms with Gasteiger partial charge in [0.15, 0.2) is 0 Å². The van der Waals surface area contributed by atoms with Gasteiger partial charge >= 0.3 is 0 Å². The summed E-state index contributed by atoms with van der Waals surface area (Å²) in [6.07, 6.45) is 0.710. The van der Waals surface area contributed by atoms with Gasteiger partial charge < -0.3 is 0 Å². The van der Waals surface area contributed by atoms with Crippen LogP contribution in [0.4, 0.5) is 0 Å². The molecule has 2 aromatic rings. The van der Waals surface area contributed by atoms with E-state index in [0.29, 0.717) is 12.3 Å². The number of hydrogen-bond donors (Lipinski definition) is 0. The lowest BCUT2D eigenvalue weighted by Crippen LogP contribution is -2.00. The van der Waals surface area contributed by atoms with Gasteiger partial charge in [-0.1, -0.05) is 23.8 Å². The van der Waals surface area contributed by atoms with Crippen molar-refractivity contribution in [1.82, 2.24) is 9.97 Å². The van der Waals surface area contributed by atoms with Crippen molar-refractivity contribution < 1.29 is 0 Å². The van der Waals surface area contributed by atoms with Gasteiger partial charge in [-0.3, -0.25) is 0 Å². The molecule has 0 radical (unpaired) electrons. The molecule has 0 atom stereocenters. The molecule has 0 saturated heterocycles. The fourth-order valence-electron chi connectivity index (χ4n) is 1.78. The molecular weight excluding hydrogens is 232 g/mol. The number of halogens is 1. The molecule has 2 rings (SSSR count). The standard InChI is InChI=1S/C14H15ClN2/c1-10-4-3-5-12(8-10)13-9-11(2)16-14(17-13)6-7-15/h3-5,8-9H,6-7H2,1-2H3. The molecule has 0 unspecified atom stereocenters. The van der Waals surface area contributed by atoms with Gasteiger partial charge in [0.1, 0.15) is 5.82 Å². The molecule has 1 heterocycles. The van der Waals surface area contributed by atoms with Gasteiger partial charge in [0.2, 0.25) is 0 Å². The van der Waals surface area contributed by atoms with Crippen molar-refractivity contribution in [3.8, 4) is 11.3 Å². The summed E-state index contributed by atoms with van der Waals surface area (Å²) in [5.74, 6) is 1.37. The first kappa shape index (κ1) is 12.1. The number of alkyl halides is 1. The van der Waals surface area contributed by atoms with Crippen molar-refractivity contribution in [2.45, 2.75) is 20.3 Å². The molecule has 0 N–H and O–H groups in total. The summed E-state index contributed by atoms with van der Waals surface area (Å²) >= 11 is 5.73. The Hall–Kier alpha value is -1.41. The third-order valence-corrected chi connectivity index (χ3v) is 2.72. The van der Waals surface area contributed by atoms with Gasteiger partial charge in [0, 0.05) is 23.6 Å². The van der Waals surface area contributed by atoms with Crippen LogP contribution in [-0.2, 0) is 6.42 Å². The zero-order chi connectivity index (χ0) is 12.3. The van der Waals surface area contributed by atoms with Crippen LogP contribution in [0.5, 0.6) is 0 Å². The van der Waals surface area contributed by atoms with Gasteiger partial charge in [0.25, 0.3) is 0 Å². The first-order chi connectivity index (χ1) is 8.19. The molecule has 2 nitrogen and oxygen atoms in total. The highest BCUT2D eigenvalue weighted by Crippen LogP contribution is 2.19. The van der Waals surface area contributed by atoms with Crippen LogP contribution in [0.3, 0.4) is 0 Å². The molecule has 0 bridgehead atoms. The van der Waals surface area contributed by atoms with Crippen LogP contribution in [0.2, 0.25) is 0 Å². The summed E-state index contributed by atoms with van der Waals surface area (Å²) < 4.78 is 0. The molecule has 0 spiro atoms. The highest BCUT2D eigenvalue weighted by Gasteiger charge is 2.04. The summed E-state index contributed by atoms with van der Waals surface area (Å²) in [5, 5.41) is 0. The predicted octanol–water partition coefficient (Wildman–Crippen LogP) is 3.54. The fourth-order valence-corrected chi connectivity index (χ4v) is 1.95. The van der Waals surface area contributed by atoms with E-state index in [1.54, 1.807) is 0 Å². The number of hydrogen-bond acceptors (Lipinski definition) is 2. The van der Waals surface area contributed by atoms with Crippen molar-refractivity contribution in [3.63, 3.8) is 0 Å². The summed E-state index contributed by atoms with van der Waals surface area (Å²) in [4.78, 5) is 8.92. The van der Waals surface area contributed by atoms with Crippen LogP contribution in [0.15, 0.2) is 30.3 Å². The van der Waals surface area contributed by atoms with Crippen LogP contribution in [0.1, 0.15) is 17.1 Å². The lowest BCUT2D eigenvalue weighted by molar-refractivity contribution is 0.925. The molecule has 1 aromatic heterocycles. The van der Waals surface area contributed by atoms with E-state index < -0.39 is 0 Å². The molecule has 0 saturated carbocycles. The molecule has 0 aliphatic carbocycles. The second kappa shape index (κ2) is 5.28. The van der Waals surface area contributed by atoms with Crippen LogP contribution >= 0.6 is 11.6 Å². The molecule has 0 amide bonds. The van der Waals surface area contributed by atoms with E-state index in [9.17, 15) is 0 Å². The zero-order valence-electron chi connectivity index (χ0n) is 10.1. The minimum atomic E-state index is 0.552. The molecule has 0 aliphatic heterocycles. The topological polar surface area (TPSA) is 25.8 Å². The maximum Gasteiger partial charge on any atom is 0.130 e. The predicted molar refractivity (Wildman–Crippen MR) is 71.4 cm³/mol. The first-order valence-electron chi connectivity index (χ1n) is 5.66. The summed E-state index contributed by atoms with van der Waals surface area (Å²) in [6, 6.07) is 10.3. The van der Waals surface area contributed by atoms with E-state index in [2.05, 4.69) is 35.1 Å². The number of nitrogens with zero attached hydrogens (tertiary/aromatic N) is 2. The Kier molecular flexibility index (Phi) is 3.75. The lowest BCUT2D eigenvalue weighted by Gasteiger charge is -2.06. The van der Waals surface area contributed by atoms with E-state index in [-0.39, 0.29) is 0 Å². The average molecular weight is 247 g/mol. The normalized spacial score (nSPS) is 10.5. The Morgan fingerprint density at radius 1 is 1.12 bits per heavy atom. The molecule has 0 aliphatic rings. The van der Waals surface area contributed by atoms with E-state index in [1.165, 1.54) is 5.56 Å². The van der Waals surface area contributed by atoms with Gasteiger partial charge in [0.05, 0.1) is 5.69 Å². The van der Waals surface area contributed by atoms with Crippen molar-refractivity contribution in [2.24, 2.45) is 0 Å². The van der Waals surface area contributed by atoms with Gasteiger partial charge in [-0.25, -0.2) is 9.97 Å². The third kappa shape index (κ3) is 3.04. The van der Waals surface area contributed by atoms with Crippen LogP contribution in [0, 0.1) is 13.8 Å². The number of rotatable bonds is 3. The van der Waals surface area contributed by atoms with Gasteiger partial charge in [-0.15, -0.1) is 11.6 Å². The number of aromatic nitrogens is 2. The SMILES string of the molecule is Cc1cccc(-c2cc(C)nc(CCCl)n2)c1. The quantitative estimate of drug-likeness (QED) is 0.775. The second-order valence-electron chi connectivity index (χ2n) is 4.12. The molecule has 0 fully saturated rings. The van der Waals surface area contributed by atoms with E-state index in [1.807, 2.05) is 19.1 Å². The van der Waals surface area contributed by atoms with Crippen molar-refractivity contribution in [1.29, 1.82) is 0 Å². The van der Waals surface area contributed by atoms with Crippen molar-refractivity contribution >= 4 is 11.6 Å². The third-order valence-electron chi connectivity index (χ3n) is 2.53. The molecule has 1 aromatic carbocycles. The van der Waals surface area contributed by atoms with Crippen LogP contribution in [-0.4, -0.2) is 15.8 Å². The Labute approximate surface area is 107 Å². The summed E-state index contributed by atoms with van der Waals surface area (Å²) in [6.45, 7) is 4.07. The smallest absolute Gasteiger partial charge is 0.130 e. The van der Waals surface area contributed by atoms with Crippen LogP contribution in [0.25, 0.3) is 11.3 Å². The molecule has 17 heavy (non-hydrogen) atoms. The average Bonchev–Trinajstić information content (AvgIpc) is 2.28. The van der Waals surface area contributed by atoms with E-state index in [4.69, 9.17) is 11.6 Å². The number of benzene rings is 1. The molecule has 3 heteroatoms. The summed E-state index contributed by atoms with van der Waals surface area (Å²) in [7, 11) is 0. The highest BCUT2D eigenvalue weighted by atomic mass is 35.5. The fraction of sp³-hybridized carbons (Fsp3) is 0.286. The zero-order valence-corrected chi connectivity index (χ0v) is 10.8. The number of aryl methyl sites for hydroxylation is 3. The van der Waals surface area contributed by atoms with Crippen molar-refractivity contribution in [3.05, 3.63) is 47.4 Å². The second-order valence-corrected chi connectivity index (χ2v) is 4.50. The maximum absolute atomic E-state index is 5.73. The maximum atomic E-state index is 5.73. The highest BCUT2D eigenvalue weighted by molar-refractivity contribution is 6.17. The van der Waals surface area contributed by atoms with E-state index >= 15 is 0 Å². The Morgan fingerprint density at radius 2 is 1.94 bits per heavy atom. The lowest BCUT2D eigenvalue weighted by atomic mass is 10.1. The first-order valence-corrected chi connectivity index (χ1v) is 6.20.